The number of nitrogens with zero attached hydrogens (tertiary/aromatic N) is 1. The van der Waals surface area contributed by atoms with Crippen LogP contribution in [0.15, 0.2) is 48.5 Å². The van der Waals surface area contributed by atoms with Crippen LogP contribution >= 0.6 is 0 Å². The van der Waals surface area contributed by atoms with E-state index in [4.69, 9.17) is 10.00 Å². The van der Waals surface area contributed by atoms with Crippen molar-refractivity contribution < 1.29 is 14.6 Å². The minimum Gasteiger partial charge on any atom is -0.507 e. The average Bonchev–Trinajstić information content (AvgIpc) is 2.67. The molecule has 0 atom stereocenters. The maximum absolute atomic E-state index is 11.0. The van der Waals surface area contributed by atoms with Gasteiger partial charge in [0.1, 0.15) is 11.5 Å². The number of ether oxygens (including phenoxy) is 1. The predicted molar refractivity (Wildman–Crippen MR) is 102 cm³/mol. The molecule has 0 spiro atoms. The Kier molecular flexibility index (Phi) is 7.45. The standard InChI is InChI=1S/C22H23NO3/c1-2-3-4-5-14-26-20-9-6-17(7-10-20)21(12-13-23)18-8-11-22(25)19(15-18)16-24/h6-12,15-16,25H,2-5,14H2,1H3/b21-12+. The van der Waals surface area contributed by atoms with Gasteiger partial charge >= 0.3 is 0 Å². The van der Waals surface area contributed by atoms with E-state index in [1.54, 1.807) is 12.1 Å². The summed E-state index contributed by atoms with van der Waals surface area (Å²) in [5, 5.41) is 18.8. The molecular formula is C22H23NO3. The number of hydrogen-bond donors (Lipinski definition) is 1. The van der Waals surface area contributed by atoms with Gasteiger partial charge in [0.05, 0.1) is 18.2 Å². The molecule has 0 aliphatic carbocycles. The number of phenols is 1. The van der Waals surface area contributed by atoms with Crippen molar-refractivity contribution in [1.29, 1.82) is 5.26 Å². The molecule has 0 fully saturated rings. The molecule has 0 aromatic heterocycles. The van der Waals surface area contributed by atoms with E-state index < -0.39 is 0 Å². The maximum atomic E-state index is 11.0. The van der Waals surface area contributed by atoms with Gasteiger partial charge in [-0.1, -0.05) is 44.4 Å². The minimum atomic E-state index is -0.0770. The van der Waals surface area contributed by atoms with Crippen molar-refractivity contribution >= 4 is 11.9 Å². The summed E-state index contributed by atoms with van der Waals surface area (Å²) in [5.41, 5.74) is 2.41. The van der Waals surface area contributed by atoms with Gasteiger partial charge in [-0.2, -0.15) is 5.26 Å². The lowest BCUT2D eigenvalue weighted by molar-refractivity contribution is 0.112. The second-order valence-electron chi connectivity index (χ2n) is 6.01. The molecule has 134 valence electrons. The van der Waals surface area contributed by atoms with Crippen molar-refractivity contribution in [3.8, 4) is 17.6 Å². The van der Waals surface area contributed by atoms with Crippen molar-refractivity contribution in [1.82, 2.24) is 0 Å². The number of unbranched alkanes of at least 4 members (excludes halogenated alkanes) is 3. The number of benzene rings is 2. The third kappa shape index (κ3) is 5.22. The van der Waals surface area contributed by atoms with Crippen molar-refractivity contribution in [2.75, 3.05) is 6.61 Å². The molecule has 0 unspecified atom stereocenters. The van der Waals surface area contributed by atoms with E-state index in [1.807, 2.05) is 30.3 Å². The monoisotopic (exact) mass is 349 g/mol. The van der Waals surface area contributed by atoms with Gasteiger partial charge < -0.3 is 9.84 Å². The second-order valence-corrected chi connectivity index (χ2v) is 6.01. The van der Waals surface area contributed by atoms with E-state index in [2.05, 4.69) is 6.92 Å². The lowest BCUT2D eigenvalue weighted by atomic mass is 9.96. The zero-order chi connectivity index (χ0) is 18.8. The molecule has 1 N–H and O–H groups in total. The molecule has 26 heavy (non-hydrogen) atoms. The fourth-order valence-corrected chi connectivity index (χ4v) is 2.66. The van der Waals surface area contributed by atoms with Crippen LogP contribution in [0.25, 0.3) is 5.57 Å². The Bertz CT molecular complexity index is 801. The third-order valence-electron chi connectivity index (χ3n) is 4.11. The Labute approximate surface area is 154 Å². The second kappa shape index (κ2) is 10.0. The summed E-state index contributed by atoms with van der Waals surface area (Å²) in [6.45, 7) is 2.87. The maximum Gasteiger partial charge on any atom is 0.153 e. The Morgan fingerprint density at radius 2 is 1.85 bits per heavy atom. The molecular weight excluding hydrogens is 326 g/mol. The topological polar surface area (TPSA) is 70.3 Å². The largest absolute Gasteiger partial charge is 0.507 e. The lowest BCUT2D eigenvalue weighted by Crippen LogP contribution is -1.97. The number of rotatable bonds is 9. The van der Waals surface area contributed by atoms with Crippen LogP contribution in [0.5, 0.6) is 11.5 Å². The Morgan fingerprint density at radius 1 is 1.12 bits per heavy atom. The van der Waals surface area contributed by atoms with Gasteiger partial charge in [0.2, 0.25) is 0 Å². The lowest BCUT2D eigenvalue weighted by Gasteiger charge is -2.10. The summed E-state index contributed by atoms with van der Waals surface area (Å²) < 4.78 is 5.74. The molecule has 0 radical (unpaired) electrons. The molecule has 4 nitrogen and oxygen atoms in total. The number of carbonyl (C=O) groups is 1. The van der Waals surface area contributed by atoms with Gasteiger partial charge in [0.25, 0.3) is 0 Å². The van der Waals surface area contributed by atoms with Crippen LogP contribution in [0.4, 0.5) is 0 Å². The first-order valence-corrected chi connectivity index (χ1v) is 8.81. The highest BCUT2D eigenvalue weighted by Crippen LogP contribution is 2.28. The first-order chi connectivity index (χ1) is 12.7. The van der Waals surface area contributed by atoms with E-state index in [0.29, 0.717) is 24.0 Å². The summed E-state index contributed by atoms with van der Waals surface area (Å²) in [6.07, 6.45) is 6.66. The fraction of sp³-hybridized carbons (Fsp3) is 0.273. The summed E-state index contributed by atoms with van der Waals surface area (Å²) in [7, 11) is 0. The van der Waals surface area contributed by atoms with Crippen LogP contribution in [0.1, 0.15) is 54.1 Å². The van der Waals surface area contributed by atoms with Gasteiger partial charge in [0.15, 0.2) is 6.29 Å². The molecule has 0 amide bonds. The van der Waals surface area contributed by atoms with E-state index >= 15 is 0 Å². The molecule has 0 aliphatic rings. The van der Waals surface area contributed by atoms with Gasteiger partial charge in [-0.05, 0) is 47.4 Å². The Hall–Kier alpha value is -3.06. The van der Waals surface area contributed by atoms with E-state index in [9.17, 15) is 9.90 Å². The number of nitriles is 1. The Balaban J connectivity index is 2.15. The smallest absolute Gasteiger partial charge is 0.153 e. The fourth-order valence-electron chi connectivity index (χ4n) is 2.66. The molecule has 2 aromatic rings. The van der Waals surface area contributed by atoms with E-state index in [1.165, 1.54) is 31.4 Å². The van der Waals surface area contributed by atoms with Gasteiger partial charge in [0, 0.05) is 6.08 Å². The molecule has 2 rings (SSSR count). The molecule has 0 heterocycles. The minimum absolute atomic E-state index is 0.0770. The van der Waals surface area contributed by atoms with Crippen molar-refractivity contribution in [3.63, 3.8) is 0 Å². The molecule has 0 bridgehead atoms. The zero-order valence-electron chi connectivity index (χ0n) is 14.9. The van der Waals surface area contributed by atoms with Crippen LogP contribution in [-0.2, 0) is 0 Å². The van der Waals surface area contributed by atoms with Gasteiger partial charge in [-0.3, -0.25) is 4.79 Å². The molecule has 2 aromatic carbocycles. The summed E-state index contributed by atoms with van der Waals surface area (Å²) in [5.74, 6) is 0.715. The Morgan fingerprint density at radius 3 is 2.50 bits per heavy atom. The van der Waals surface area contributed by atoms with Crippen LogP contribution in [0.3, 0.4) is 0 Å². The highest BCUT2D eigenvalue weighted by atomic mass is 16.5. The van der Waals surface area contributed by atoms with Gasteiger partial charge in [-0.15, -0.1) is 0 Å². The number of aldehydes is 1. The molecule has 0 saturated carbocycles. The molecule has 0 saturated heterocycles. The van der Waals surface area contributed by atoms with Crippen LogP contribution < -0.4 is 4.74 Å². The molecule has 0 aliphatic heterocycles. The number of phenolic OH excluding ortho intramolecular Hbond substituents is 1. The summed E-state index contributed by atoms with van der Waals surface area (Å²) in [6, 6.07) is 14.3. The number of aromatic hydroxyl groups is 1. The first kappa shape index (κ1) is 19.3. The van der Waals surface area contributed by atoms with E-state index in [-0.39, 0.29) is 11.3 Å². The highest BCUT2D eigenvalue weighted by Gasteiger charge is 2.09. The number of allylic oxidation sites excluding steroid dienone is 1. The normalized spacial score (nSPS) is 11.0. The van der Waals surface area contributed by atoms with E-state index in [0.717, 1.165) is 17.7 Å². The summed E-state index contributed by atoms with van der Waals surface area (Å²) in [4.78, 5) is 11.0. The quantitative estimate of drug-likeness (QED) is 0.387. The number of hydrogen-bond acceptors (Lipinski definition) is 4. The van der Waals surface area contributed by atoms with Crippen LogP contribution in [0.2, 0.25) is 0 Å². The highest BCUT2D eigenvalue weighted by molar-refractivity contribution is 5.86. The third-order valence-corrected chi connectivity index (χ3v) is 4.11. The van der Waals surface area contributed by atoms with Crippen molar-refractivity contribution in [2.24, 2.45) is 0 Å². The average molecular weight is 349 g/mol. The summed E-state index contributed by atoms with van der Waals surface area (Å²) >= 11 is 0. The first-order valence-electron chi connectivity index (χ1n) is 8.81. The predicted octanol–water partition coefficient (Wildman–Crippen LogP) is 5.12. The zero-order valence-corrected chi connectivity index (χ0v) is 14.9. The van der Waals surface area contributed by atoms with Crippen molar-refractivity contribution in [3.05, 3.63) is 65.2 Å². The van der Waals surface area contributed by atoms with Crippen molar-refractivity contribution in [2.45, 2.75) is 32.6 Å². The SMILES string of the molecule is CCCCCCOc1ccc(/C(=C\C#N)c2ccc(O)c(C=O)c2)cc1. The van der Waals surface area contributed by atoms with Crippen LogP contribution in [-0.4, -0.2) is 18.0 Å². The van der Waals surface area contributed by atoms with Crippen LogP contribution in [0, 0.1) is 11.3 Å². The molecule has 4 heteroatoms. The van der Waals surface area contributed by atoms with Gasteiger partial charge in [-0.25, -0.2) is 0 Å². The number of carbonyl (C=O) groups excluding carboxylic acids is 1.